The molecule has 5 nitrogen and oxygen atoms in total. The van der Waals surface area contributed by atoms with E-state index in [4.69, 9.17) is 0 Å². The predicted octanol–water partition coefficient (Wildman–Crippen LogP) is 2.93. The van der Waals surface area contributed by atoms with Gasteiger partial charge < -0.3 is 10.4 Å². The van der Waals surface area contributed by atoms with Gasteiger partial charge >= 0.3 is 5.97 Å². The molecule has 2 atom stereocenters. The molecule has 1 aliphatic rings. The number of benzene rings is 1. The highest BCUT2D eigenvalue weighted by atomic mass is 16.4. The number of carbonyl (C=O) groups excluding carboxylic acids is 1. The van der Waals surface area contributed by atoms with Crippen molar-refractivity contribution in [1.29, 1.82) is 0 Å². The molecule has 1 amide bonds. The molecule has 3 rings (SSSR count). The molecule has 2 N–H and O–H groups in total. The number of carboxylic acid groups (broad SMARTS) is 1. The number of carbonyl (C=O) groups is 2. The summed E-state index contributed by atoms with van der Waals surface area (Å²) in [5.74, 6) is -1.43. The second kappa shape index (κ2) is 7.43. The first-order chi connectivity index (χ1) is 11.6. The molecule has 1 aliphatic carbocycles. The zero-order chi connectivity index (χ0) is 16.9. The number of hydrogen-bond acceptors (Lipinski definition) is 3. The molecule has 0 aliphatic heterocycles. The van der Waals surface area contributed by atoms with Crippen LogP contribution in [-0.2, 0) is 16.0 Å². The maximum absolute atomic E-state index is 12.5. The van der Waals surface area contributed by atoms with Gasteiger partial charge in [-0.25, -0.2) is 0 Å². The lowest BCUT2D eigenvalue weighted by molar-refractivity contribution is -0.143. The monoisotopic (exact) mass is 326 g/mol. The Balaban J connectivity index is 1.73. The third kappa shape index (κ3) is 3.72. The van der Waals surface area contributed by atoms with E-state index in [-0.39, 0.29) is 18.4 Å². The third-order valence-corrected chi connectivity index (χ3v) is 4.75. The predicted molar refractivity (Wildman–Crippen MR) is 91.6 cm³/mol. The van der Waals surface area contributed by atoms with E-state index < -0.39 is 11.9 Å². The number of fused-ring (bicyclic) bond motifs is 1. The fourth-order valence-corrected chi connectivity index (χ4v) is 3.52. The quantitative estimate of drug-likeness (QED) is 0.847. The Morgan fingerprint density at radius 3 is 2.75 bits per heavy atom. The zero-order valence-corrected chi connectivity index (χ0v) is 13.6. The van der Waals surface area contributed by atoms with Crippen LogP contribution in [0.3, 0.4) is 0 Å². The van der Waals surface area contributed by atoms with Gasteiger partial charge in [-0.3, -0.25) is 14.6 Å². The van der Waals surface area contributed by atoms with E-state index in [2.05, 4.69) is 10.3 Å². The Labute approximate surface area is 141 Å². The van der Waals surface area contributed by atoms with Crippen LogP contribution in [0.2, 0.25) is 0 Å². The van der Waals surface area contributed by atoms with Crippen molar-refractivity contribution in [2.75, 3.05) is 0 Å². The fraction of sp³-hybridized carbons (Fsp3) is 0.421. The van der Waals surface area contributed by atoms with Gasteiger partial charge in [0.25, 0.3) is 0 Å². The number of nitrogens with zero attached hydrogens (tertiary/aromatic N) is 1. The van der Waals surface area contributed by atoms with Gasteiger partial charge in [0.1, 0.15) is 0 Å². The standard InChI is InChI=1S/C19H22N2O3/c22-17(21-16-10-3-1-2-9-15(16)19(23)24)12-14-7-4-6-13-8-5-11-20-18(13)14/h4-8,11,15-16H,1-3,9-10,12H2,(H,21,22)(H,23,24)/t15-,16+/m1/s1. The van der Waals surface area contributed by atoms with Gasteiger partial charge in [-0.1, -0.05) is 43.5 Å². The topological polar surface area (TPSA) is 79.3 Å². The van der Waals surface area contributed by atoms with Gasteiger partial charge in [0.2, 0.25) is 5.91 Å². The van der Waals surface area contributed by atoms with Crippen LogP contribution in [0.25, 0.3) is 10.9 Å². The first kappa shape index (κ1) is 16.4. The average molecular weight is 326 g/mol. The van der Waals surface area contributed by atoms with Crippen LogP contribution in [0.4, 0.5) is 0 Å². The molecule has 0 radical (unpaired) electrons. The summed E-state index contributed by atoms with van der Waals surface area (Å²) in [6.45, 7) is 0. The summed E-state index contributed by atoms with van der Waals surface area (Å²) in [5, 5.41) is 13.4. The number of hydrogen-bond donors (Lipinski definition) is 2. The maximum atomic E-state index is 12.5. The second-order valence-corrected chi connectivity index (χ2v) is 6.43. The summed E-state index contributed by atoms with van der Waals surface area (Å²) in [6.07, 6.45) is 6.21. The molecule has 0 saturated heterocycles. The lowest BCUT2D eigenvalue weighted by Crippen LogP contribution is -2.43. The summed E-state index contributed by atoms with van der Waals surface area (Å²) in [7, 11) is 0. The van der Waals surface area contributed by atoms with Crippen molar-refractivity contribution in [2.24, 2.45) is 5.92 Å². The van der Waals surface area contributed by atoms with Crippen molar-refractivity contribution in [2.45, 2.75) is 44.6 Å². The first-order valence-corrected chi connectivity index (χ1v) is 8.50. The molecule has 0 bridgehead atoms. The molecular weight excluding hydrogens is 304 g/mol. The van der Waals surface area contributed by atoms with E-state index in [0.29, 0.717) is 6.42 Å². The Hall–Kier alpha value is -2.43. The van der Waals surface area contributed by atoms with Crippen LogP contribution in [0.5, 0.6) is 0 Å². The molecule has 1 heterocycles. The van der Waals surface area contributed by atoms with Crippen LogP contribution >= 0.6 is 0 Å². The number of rotatable bonds is 4. The van der Waals surface area contributed by atoms with E-state index in [1.54, 1.807) is 6.20 Å². The van der Waals surface area contributed by atoms with Crippen molar-refractivity contribution in [3.63, 3.8) is 0 Å². The maximum Gasteiger partial charge on any atom is 0.308 e. The van der Waals surface area contributed by atoms with Crippen LogP contribution in [0, 0.1) is 5.92 Å². The van der Waals surface area contributed by atoms with Gasteiger partial charge in [0, 0.05) is 17.6 Å². The lowest BCUT2D eigenvalue weighted by atomic mass is 9.94. The average Bonchev–Trinajstić information content (AvgIpc) is 2.80. The molecule has 0 spiro atoms. The van der Waals surface area contributed by atoms with Gasteiger partial charge in [0.05, 0.1) is 17.9 Å². The molecule has 0 unspecified atom stereocenters. The van der Waals surface area contributed by atoms with Crippen LogP contribution in [0.1, 0.15) is 37.7 Å². The Kier molecular flexibility index (Phi) is 5.08. The summed E-state index contributed by atoms with van der Waals surface area (Å²) in [4.78, 5) is 28.3. The smallest absolute Gasteiger partial charge is 0.308 e. The minimum atomic E-state index is -0.811. The summed E-state index contributed by atoms with van der Waals surface area (Å²) in [6, 6.07) is 9.34. The van der Waals surface area contributed by atoms with Crippen molar-refractivity contribution in [3.05, 3.63) is 42.1 Å². The molecular formula is C19H22N2O3. The number of amides is 1. The number of pyridine rings is 1. The highest BCUT2D eigenvalue weighted by molar-refractivity contribution is 5.88. The lowest BCUT2D eigenvalue weighted by Gasteiger charge is -2.23. The van der Waals surface area contributed by atoms with Gasteiger partial charge in [0.15, 0.2) is 0 Å². The highest BCUT2D eigenvalue weighted by Crippen LogP contribution is 2.24. The number of nitrogens with one attached hydrogen (secondary N) is 1. The second-order valence-electron chi connectivity index (χ2n) is 6.43. The van der Waals surface area contributed by atoms with E-state index in [1.165, 1.54) is 0 Å². The third-order valence-electron chi connectivity index (χ3n) is 4.75. The largest absolute Gasteiger partial charge is 0.481 e. The first-order valence-electron chi connectivity index (χ1n) is 8.50. The molecule has 1 fully saturated rings. The van der Waals surface area contributed by atoms with E-state index in [0.717, 1.165) is 42.1 Å². The molecule has 5 heteroatoms. The zero-order valence-electron chi connectivity index (χ0n) is 13.6. The minimum absolute atomic E-state index is 0.133. The summed E-state index contributed by atoms with van der Waals surface area (Å²) in [5.41, 5.74) is 1.69. The van der Waals surface area contributed by atoms with Gasteiger partial charge in [-0.15, -0.1) is 0 Å². The molecule has 1 aromatic heterocycles. The fourth-order valence-electron chi connectivity index (χ4n) is 3.52. The van der Waals surface area contributed by atoms with Crippen LogP contribution < -0.4 is 5.32 Å². The summed E-state index contributed by atoms with van der Waals surface area (Å²) >= 11 is 0. The van der Waals surface area contributed by atoms with Crippen molar-refractivity contribution in [1.82, 2.24) is 10.3 Å². The Morgan fingerprint density at radius 2 is 1.92 bits per heavy atom. The summed E-state index contributed by atoms with van der Waals surface area (Å²) < 4.78 is 0. The van der Waals surface area contributed by atoms with Crippen molar-refractivity contribution >= 4 is 22.8 Å². The van der Waals surface area contributed by atoms with Crippen LogP contribution in [0.15, 0.2) is 36.5 Å². The molecule has 2 aromatic rings. The van der Waals surface area contributed by atoms with Gasteiger partial charge in [-0.05, 0) is 24.5 Å². The number of aromatic nitrogens is 1. The van der Waals surface area contributed by atoms with E-state index in [9.17, 15) is 14.7 Å². The van der Waals surface area contributed by atoms with E-state index >= 15 is 0 Å². The number of carboxylic acids is 1. The van der Waals surface area contributed by atoms with Gasteiger partial charge in [-0.2, -0.15) is 0 Å². The van der Waals surface area contributed by atoms with Crippen LogP contribution in [-0.4, -0.2) is 28.0 Å². The minimum Gasteiger partial charge on any atom is -0.481 e. The van der Waals surface area contributed by atoms with E-state index in [1.807, 2.05) is 30.3 Å². The SMILES string of the molecule is O=C(Cc1cccc2cccnc12)N[C@H]1CCCCC[C@H]1C(=O)O. The number of aliphatic carboxylic acids is 1. The Morgan fingerprint density at radius 1 is 1.12 bits per heavy atom. The highest BCUT2D eigenvalue weighted by Gasteiger charge is 2.30. The Bertz CT molecular complexity index is 739. The molecule has 1 aromatic carbocycles. The molecule has 24 heavy (non-hydrogen) atoms. The molecule has 1 saturated carbocycles. The van der Waals surface area contributed by atoms with Crippen molar-refractivity contribution < 1.29 is 14.7 Å². The van der Waals surface area contributed by atoms with Crippen molar-refractivity contribution in [3.8, 4) is 0 Å². The normalized spacial score (nSPS) is 21.2. The number of para-hydroxylation sites is 1. The molecule has 126 valence electrons.